The van der Waals surface area contributed by atoms with Gasteiger partial charge in [-0.2, -0.15) is 0 Å². The van der Waals surface area contributed by atoms with Crippen LogP contribution in [0, 0.1) is 6.92 Å². The summed E-state index contributed by atoms with van der Waals surface area (Å²) in [5.74, 6) is 0.665. The fourth-order valence-corrected chi connectivity index (χ4v) is 2.75. The molecule has 0 aliphatic rings. The highest BCUT2D eigenvalue weighted by Crippen LogP contribution is 2.21. The minimum absolute atomic E-state index is 0.0819. The SMILES string of the molecule is Cc1ccc(-c2nc3ccc(Cl)cc3c(=O)n2CCCN)cc1. The Bertz CT molecular complexity index is 901. The number of halogens is 1. The molecule has 0 radical (unpaired) electrons. The average molecular weight is 328 g/mol. The summed E-state index contributed by atoms with van der Waals surface area (Å²) >= 11 is 6.03. The molecule has 5 heteroatoms. The maximum Gasteiger partial charge on any atom is 0.261 e. The van der Waals surface area contributed by atoms with Crippen LogP contribution in [-0.2, 0) is 6.54 Å². The Balaban J connectivity index is 2.27. The summed E-state index contributed by atoms with van der Waals surface area (Å²) in [6.45, 7) is 3.09. The van der Waals surface area contributed by atoms with Gasteiger partial charge in [0.05, 0.1) is 10.9 Å². The third-order valence-electron chi connectivity index (χ3n) is 3.81. The van der Waals surface area contributed by atoms with Crippen molar-refractivity contribution >= 4 is 22.5 Å². The van der Waals surface area contributed by atoms with E-state index in [-0.39, 0.29) is 5.56 Å². The summed E-state index contributed by atoms with van der Waals surface area (Å²) in [4.78, 5) is 17.6. The number of aromatic nitrogens is 2. The molecule has 1 aromatic heterocycles. The average Bonchev–Trinajstić information content (AvgIpc) is 2.55. The number of rotatable bonds is 4. The highest BCUT2D eigenvalue weighted by Gasteiger charge is 2.13. The van der Waals surface area contributed by atoms with Gasteiger partial charge in [-0.1, -0.05) is 41.4 Å². The molecule has 2 aromatic carbocycles. The van der Waals surface area contributed by atoms with Gasteiger partial charge in [-0.25, -0.2) is 4.98 Å². The zero-order valence-electron chi connectivity index (χ0n) is 12.9. The molecule has 0 unspecified atom stereocenters. The number of benzene rings is 2. The van der Waals surface area contributed by atoms with Crippen molar-refractivity contribution in [2.45, 2.75) is 19.9 Å². The van der Waals surface area contributed by atoms with Gasteiger partial charge in [0.25, 0.3) is 5.56 Å². The molecule has 0 saturated carbocycles. The first kappa shape index (κ1) is 15.7. The topological polar surface area (TPSA) is 60.9 Å². The summed E-state index contributed by atoms with van der Waals surface area (Å²) < 4.78 is 1.69. The van der Waals surface area contributed by atoms with E-state index in [0.717, 1.165) is 11.1 Å². The highest BCUT2D eigenvalue weighted by molar-refractivity contribution is 6.31. The Morgan fingerprint density at radius 1 is 1.17 bits per heavy atom. The fraction of sp³-hybridized carbons (Fsp3) is 0.222. The van der Waals surface area contributed by atoms with Crippen LogP contribution in [0.3, 0.4) is 0 Å². The Labute approximate surface area is 139 Å². The monoisotopic (exact) mass is 327 g/mol. The Morgan fingerprint density at radius 2 is 1.91 bits per heavy atom. The maximum absolute atomic E-state index is 12.9. The zero-order valence-corrected chi connectivity index (χ0v) is 13.7. The van der Waals surface area contributed by atoms with Gasteiger partial charge in [-0.3, -0.25) is 9.36 Å². The smallest absolute Gasteiger partial charge is 0.261 e. The van der Waals surface area contributed by atoms with Crippen molar-refractivity contribution in [3.05, 3.63) is 63.4 Å². The van der Waals surface area contributed by atoms with Gasteiger partial charge in [-0.15, -0.1) is 0 Å². The molecule has 3 aromatic rings. The van der Waals surface area contributed by atoms with Crippen LogP contribution in [0.1, 0.15) is 12.0 Å². The predicted octanol–water partition coefficient (Wildman–Crippen LogP) is 3.37. The van der Waals surface area contributed by atoms with E-state index < -0.39 is 0 Å². The zero-order chi connectivity index (χ0) is 16.4. The van der Waals surface area contributed by atoms with Gasteiger partial charge >= 0.3 is 0 Å². The van der Waals surface area contributed by atoms with Crippen LogP contribution in [0.25, 0.3) is 22.3 Å². The molecule has 1 heterocycles. The van der Waals surface area contributed by atoms with Crippen molar-refractivity contribution in [3.8, 4) is 11.4 Å². The summed E-state index contributed by atoms with van der Waals surface area (Å²) in [6.07, 6.45) is 0.715. The molecule has 118 valence electrons. The molecule has 0 fully saturated rings. The second-order valence-electron chi connectivity index (χ2n) is 5.56. The molecule has 0 bridgehead atoms. The van der Waals surface area contributed by atoms with E-state index in [4.69, 9.17) is 22.3 Å². The van der Waals surface area contributed by atoms with Crippen LogP contribution in [0.15, 0.2) is 47.3 Å². The molecule has 2 N–H and O–H groups in total. The van der Waals surface area contributed by atoms with Crippen molar-refractivity contribution in [1.29, 1.82) is 0 Å². The molecule has 3 rings (SSSR count). The van der Waals surface area contributed by atoms with E-state index in [1.54, 1.807) is 22.8 Å². The quantitative estimate of drug-likeness (QED) is 0.799. The second-order valence-corrected chi connectivity index (χ2v) is 6.00. The summed E-state index contributed by atoms with van der Waals surface area (Å²) in [7, 11) is 0. The number of nitrogens with zero attached hydrogens (tertiary/aromatic N) is 2. The molecular formula is C18H18ClN3O. The Kier molecular flexibility index (Phi) is 4.46. The van der Waals surface area contributed by atoms with Crippen LogP contribution in [0.5, 0.6) is 0 Å². The van der Waals surface area contributed by atoms with E-state index in [0.29, 0.717) is 41.3 Å². The Hall–Kier alpha value is -2.17. The first-order valence-corrected chi connectivity index (χ1v) is 7.95. The van der Waals surface area contributed by atoms with E-state index in [1.807, 2.05) is 31.2 Å². The lowest BCUT2D eigenvalue weighted by atomic mass is 10.1. The molecule has 4 nitrogen and oxygen atoms in total. The van der Waals surface area contributed by atoms with Crippen molar-refractivity contribution in [2.24, 2.45) is 5.73 Å². The third-order valence-corrected chi connectivity index (χ3v) is 4.05. The minimum Gasteiger partial charge on any atom is -0.330 e. The Morgan fingerprint density at radius 3 is 2.61 bits per heavy atom. The molecule has 0 aliphatic carbocycles. The van der Waals surface area contributed by atoms with E-state index in [2.05, 4.69) is 0 Å². The molecule has 0 atom stereocenters. The fourth-order valence-electron chi connectivity index (χ4n) is 2.57. The number of fused-ring (bicyclic) bond motifs is 1. The first-order chi connectivity index (χ1) is 11.1. The number of hydrogen-bond acceptors (Lipinski definition) is 3. The predicted molar refractivity (Wildman–Crippen MR) is 94.9 cm³/mol. The number of aryl methyl sites for hydroxylation is 1. The van der Waals surface area contributed by atoms with E-state index >= 15 is 0 Å². The second kappa shape index (κ2) is 6.52. The van der Waals surface area contributed by atoms with Gasteiger partial charge in [0, 0.05) is 17.1 Å². The van der Waals surface area contributed by atoms with Crippen molar-refractivity contribution in [1.82, 2.24) is 9.55 Å². The first-order valence-electron chi connectivity index (χ1n) is 7.57. The van der Waals surface area contributed by atoms with Gasteiger partial charge in [0.2, 0.25) is 0 Å². The van der Waals surface area contributed by atoms with Crippen molar-refractivity contribution in [3.63, 3.8) is 0 Å². The minimum atomic E-state index is -0.0819. The molecule has 0 amide bonds. The van der Waals surface area contributed by atoms with Gasteiger partial charge in [0.15, 0.2) is 0 Å². The highest BCUT2D eigenvalue weighted by atomic mass is 35.5. The summed E-state index contributed by atoms with van der Waals surface area (Å²) in [5, 5.41) is 1.07. The van der Waals surface area contributed by atoms with E-state index in [1.165, 1.54) is 0 Å². The normalized spacial score (nSPS) is 11.1. The van der Waals surface area contributed by atoms with Crippen LogP contribution in [-0.4, -0.2) is 16.1 Å². The molecular weight excluding hydrogens is 310 g/mol. The standard InChI is InChI=1S/C18H18ClN3O/c1-12-3-5-13(6-4-12)17-21-16-8-7-14(19)11-15(16)18(23)22(17)10-2-9-20/h3-8,11H,2,9-10,20H2,1H3. The van der Waals surface area contributed by atoms with E-state index in [9.17, 15) is 4.79 Å². The molecule has 0 spiro atoms. The summed E-state index contributed by atoms with van der Waals surface area (Å²) in [5.41, 5.74) is 8.27. The molecule has 0 saturated heterocycles. The van der Waals surface area contributed by atoms with Crippen LogP contribution in [0.2, 0.25) is 5.02 Å². The van der Waals surface area contributed by atoms with Crippen molar-refractivity contribution < 1.29 is 0 Å². The number of hydrogen-bond donors (Lipinski definition) is 1. The lowest BCUT2D eigenvalue weighted by Crippen LogP contribution is -2.24. The van der Waals surface area contributed by atoms with Crippen LogP contribution in [0.4, 0.5) is 0 Å². The molecule has 23 heavy (non-hydrogen) atoms. The van der Waals surface area contributed by atoms with Gasteiger partial charge < -0.3 is 5.73 Å². The molecule has 0 aliphatic heterocycles. The van der Waals surface area contributed by atoms with Crippen LogP contribution < -0.4 is 11.3 Å². The van der Waals surface area contributed by atoms with Gasteiger partial charge in [0.1, 0.15) is 5.82 Å². The number of nitrogens with two attached hydrogens (primary N) is 1. The third kappa shape index (κ3) is 3.14. The lowest BCUT2D eigenvalue weighted by Gasteiger charge is -2.13. The largest absolute Gasteiger partial charge is 0.330 e. The van der Waals surface area contributed by atoms with Crippen molar-refractivity contribution in [2.75, 3.05) is 6.54 Å². The summed E-state index contributed by atoms with van der Waals surface area (Å²) in [6, 6.07) is 13.2. The lowest BCUT2D eigenvalue weighted by molar-refractivity contribution is 0.632. The van der Waals surface area contributed by atoms with Crippen LogP contribution >= 0.6 is 11.6 Å². The van der Waals surface area contributed by atoms with Gasteiger partial charge in [-0.05, 0) is 38.1 Å². The maximum atomic E-state index is 12.9.